The van der Waals surface area contributed by atoms with E-state index >= 15 is 0 Å². The zero-order valence-electron chi connectivity index (χ0n) is 18.7. The van der Waals surface area contributed by atoms with Crippen LogP contribution >= 0.6 is 35.0 Å². The van der Waals surface area contributed by atoms with Gasteiger partial charge >= 0.3 is 0 Å². The van der Waals surface area contributed by atoms with Gasteiger partial charge in [0.1, 0.15) is 19.0 Å². The number of imide groups is 1. The Bertz CT molecular complexity index is 1270. The van der Waals surface area contributed by atoms with E-state index in [1.54, 1.807) is 42.5 Å². The number of hydrogen-bond donors (Lipinski definition) is 0. The van der Waals surface area contributed by atoms with Crippen molar-refractivity contribution >= 4 is 52.2 Å². The molecular formula is C26H21Cl2NO5S. The van der Waals surface area contributed by atoms with Crippen molar-refractivity contribution in [2.24, 2.45) is 0 Å². The van der Waals surface area contributed by atoms with Crippen LogP contribution in [0.3, 0.4) is 0 Å². The topological polar surface area (TPSA) is 65.1 Å². The van der Waals surface area contributed by atoms with Crippen molar-refractivity contribution in [3.63, 3.8) is 0 Å². The number of methoxy groups -OCH3 is 1. The highest BCUT2D eigenvalue weighted by Gasteiger charge is 2.34. The summed E-state index contributed by atoms with van der Waals surface area (Å²) in [6.45, 7) is 0.614. The first-order valence-electron chi connectivity index (χ1n) is 10.6. The maximum Gasteiger partial charge on any atom is 0.293 e. The first-order chi connectivity index (χ1) is 16.9. The van der Waals surface area contributed by atoms with Crippen molar-refractivity contribution in [3.05, 3.63) is 92.8 Å². The average molecular weight is 530 g/mol. The Balaban J connectivity index is 1.41. The number of benzene rings is 3. The lowest BCUT2D eigenvalue weighted by Crippen LogP contribution is -2.32. The Morgan fingerprint density at radius 3 is 2.49 bits per heavy atom. The molecule has 0 N–H and O–H groups in total. The second-order valence-electron chi connectivity index (χ2n) is 7.43. The van der Waals surface area contributed by atoms with Crippen molar-refractivity contribution in [2.45, 2.75) is 6.61 Å². The molecule has 9 heteroatoms. The predicted octanol–water partition coefficient (Wildman–Crippen LogP) is 6.70. The van der Waals surface area contributed by atoms with Crippen LogP contribution in [-0.2, 0) is 11.4 Å². The molecule has 4 rings (SSSR count). The van der Waals surface area contributed by atoms with Gasteiger partial charge < -0.3 is 14.2 Å². The van der Waals surface area contributed by atoms with Crippen LogP contribution in [0.25, 0.3) is 6.08 Å². The van der Waals surface area contributed by atoms with Crippen molar-refractivity contribution in [3.8, 4) is 17.2 Å². The second-order valence-corrected chi connectivity index (χ2v) is 9.27. The van der Waals surface area contributed by atoms with Crippen LogP contribution in [0, 0.1) is 0 Å². The van der Waals surface area contributed by atoms with Crippen LogP contribution in [-0.4, -0.2) is 36.3 Å². The van der Waals surface area contributed by atoms with Crippen LogP contribution < -0.4 is 14.2 Å². The monoisotopic (exact) mass is 529 g/mol. The molecule has 1 aliphatic rings. The summed E-state index contributed by atoms with van der Waals surface area (Å²) < 4.78 is 16.9. The number of carbonyl (C=O) groups excluding carboxylic acids is 2. The number of thioether (sulfide) groups is 1. The molecule has 0 saturated carbocycles. The molecule has 3 aromatic rings. The largest absolute Gasteiger partial charge is 0.493 e. The van der Waals surface area contributed by atoms with Crippen LogP contribution in [0.1, 0.15) is 11.1 Å². The summed E-state index contributed by atoms with van der Waals surface area (Å²) in [5, 5.41) is 0.733. The smallest absolute Gasteiger partial charge is 0.293 e. The predicted molar refractivity (Wildman–Crippen MR) is 138 cm³/mol. The van der Waals surface area contributed by atoms with E-state index in [0.29, 0.717) is 37.8 Å². The zero-order chi connectivity index (χ0) is 24.8. The highest BCUT2D eigenvalue weighted by Crippen LogP contribution is 2.35. The average Bonchev–Trinajstić information content (AvgIpc) is 3.12. The number of amides is 2. The summed E-state index contributed by atoms with van der Waals surface area (Å²) in [7, 11) is 1.53. The molecule has 0 radical (unpaired) electrons. The number of carbonyl (C=O) groups is 2. The number of para-hydroxylation sites is 1. The summed E-state index contributed by atoms with van der Waals surface area (Å²) in [6, 6.07) is 19.7. The quantitative estimate of drug-likeness (QED) is 0.287. The van der Waals surface area contributed by atoms with Gasteiger partial charge in [0.15, 0.2) is 11.5 Å². The molecule has 0 bridgehead atoms. The third kappa shape index (κ3) is 6.31. The van der Waals surface area contributed by atoms with Gasteiger partial charge in [0, 0.05) is 15.6 Å². The van der Waals surface area contributed by atoms with E-state index in [2.05, 4.69) is 0 Å². The molecule has 0 aromatic heterocycles. The maximum atomic E-state index is 12.8. The minimum Gasteiger partial charge on any atom is -0.493 e. The standard InChI is InChI=1S/C26H21Cl2NO5S/c1-32-23-13-17(7-10-22(23)34-16-18-8-9-19(27)15-21(18)28)14-24-25(30)29(26(31)35-24)11-12-33-20-5-3-2-4-6-20/h2-10,13-15H,11-12,16H2,1H3/b24-14-. The maximum absolute atomic E-state index is 12.8. The van der Waals surface area contributed by atoms with Gasteiger partial charge in [0.25, 0.3) is 11.1 Å². The summed E-state index contributed by atoms with van der Waals surface area (Å²) in [5.41, 5.74) is 1.48. The first kappa shape index (κ1) is 25.0. The summed E-state index contributed by atoms with van der Waals surface area (Å²) in [4.78, 5) is 26.7. The van der Waals surface area contributed by atoms with E-state index in [-0.39, 0.29) is 30.9 Å². The molecule has 180 valence electrons. The fourth-order valence-corrected chi connectivity index (χ4v) is 4.63. The minimum atomic E-state index is -0.353. The molecule has 35 heavy (non-hydrogen) atoms. The Kier molecular flexibility index (Phi) is 8.23. The summed E-state index contributed by atoms with van der Waals surface area (Å²) in [5.74, 6) is 1.33. The van der Waals surface area contributed by atoms with E-state index in [9.17, 15) is 9.59 Å². The summed E-state index contributed by atoms with van der Waals surface area (Å²) in [6.07, 6.45) is 1.66. The van der Waals surface area contributed by atoms with Crippen molar-refractivity contribution in [1.29, 1.82) is 0 Å². The van der Waals surface area contributed by atoms with Gasteiger partial charge in [-0.3, -0.25) is 14.5 Å². The van der Waals surface area contributed by atoms with Crippen LogP contribution in [0.15, 0.2) is 71.6 Å². The van der Waals surface area contributed by atoms with Crippen LogP contribution in [0.5, 0.6) is 17.2 Å². The highest BCUT2D eigenvalue weighted by atomic mass is 35.5. The van der Waals surface area contributed by atoms with Crippen LogP contribution in [0.4, 0.5) is 4.79 Å². The van der Waals surface area contributed by atoms with Gasteiger partial charge in [0.05, 0.1) is 18.6 Å². The van der Waals surface area contributed by atoms with E-state index in [0.717, 1.165) is 17.3 Å². The van der Waals surface area contributed by atoms with E-state index < -0.39 is 0 Å². The normalized spacial score (nSPS) is 14.5. The molecule has 1 aliphatic heterocycles. The molecule has 2 amide bonds. The molecule has 1 saturated heterocycles. The number of hydrogen-bond acceptors (Lipinski definition) is 6. The van der Waals surface area contributed by atoms with Gasteiger partial charge in [-0.2, -0.15) is 0 Å². The molecule has 0 atom stereocenters. The van der Waals surface area contributed by atoms with Crippen molar-refractivity contribution in [1.82, 2.24) is 4.90 Å². The molecule has 0 aliphatic carbocycles. The minimum absolute atomic E-state index is 0.167. The molecule has 3 aromatic carbocycles. The van der Waals surface area contributed by atoms with Gasteiger partial charge in [-0.15, -0.1) is 0 Å². The third-order valence-electron chi connectivity index (χ3n) is 5.08. The van der Waals surface area contributed by atoms with Crippen molar-refractivity contribution < 1.29 is 23.8 Å². The van der Waals surface area contributed by atoms with Gasteiger partial charge in [0.2, 0.25) is 0 Å². The van der Waals surface area contributed by atoms with E-state index in [4.69, 9.17) is 37.4 Å². The Hall–Kier alpha value is -3.13. The van der Waals surface area contributed by atoms with Gasteiger partial charge in [-0.1, -0.05) is 53.5 Å². The Morgan fingerprint density at radius 2 is 1.74 bits per heavy atom. The third-order valence-corrected chi connectivity index (χ3v) is 6.58. The number of nitrogens with zero attached hydrogens (tertiary/aromatic N) is 1. The molecule has 0 unspecified atom stereocenters. The van der Waals surface area contributed by atoms with E-state index in [1.807, 2.05) is 30.3 Å². The lowest BCUT2D eigenvalue weighted by Gasteiger charge is -2.13. The fraction of sp³-hybridized carbons (Fsp3) is 0.154. The van der Waals surface area contributed by atoms with Gasteiger partial charge in [-0.25, -0.2) is 0 Å². The summed E-state index contributed by atoms with van der Waals surface area (Å²) >= 11 is 13.1. The van der Waals surface area contributed by atoms with Gasteiger partial charge in [-0.05, 0) is 59.8 Å². The lowest BCUT2D eigenvalue weighted by molar-refractivity contribution is -0.123. The lowest BCUT2D eigenvalue weighted by atomic mass is 10.1. The van der Waals surface area contributed by atoms with E-state index in [1.165, 1.54) is 12.0 Å². The molecule has 6 nitrogen and oxygen atoms in total. The SMILES string of the molecule is COc1cc(/C=C2\SC(=O)N(CCOc3ccccc3)C2=O)ccc1OCc1ccc(Cl)cc1Cl. The zero-order valence-corrected chi connectivity index (χ0v) is 21.0. The Morgan fingerprint density at radius 1 is 0.943 bits per heavy atom. The number of ether oxygens (including phenoxy) is 3. The number of halogens is 2. The van der Waals surface area contributed by atoms with Crippen molar-refractivity contribution in [2.75, 3.05) is 20.3 Å². The molecular weight excluding hydrogens is 509 g/mol. The molecule has 0 spiro atoms. The number of rotatable bonds is 9. The molecule has 1 heterocycles. The first-order valence-corrected chi connectivity index (χ1v) is 12.2. The fourth-order valence-electron chi connectivity index (χ4n) is 3.30. The highest BCUT2D eigenvalue weighted by molar-refractivity contribution is 8.18. The molecule has 1 fully saturated rings. The van der Waals surface area contributed by atoms with Crippen LogP contribution in [0.2, 0.25) is 10.0 Å². The Labute approximate surface area is 217 Å². The second kappa shape index (κ2) is 11.5.